The molecule has 2 saturated heterocycles. The van der Waals surface area contributed by atoms with E-state index in [9.17, 15) is 22.8 Å². The number of amidine groups is 1. The van der Waals surface area contributed by atoms with Crippen molar-refractivity contribution in [3.63, 3.8) is 0 Å². The van der Waals surface area contributed by atoms with Gasteiger partial charge < -0.3 is 15.4 Å². The molecule has 0 bridgehead atoms. The highest BCUT2D eigenvalue weighted by atomic mass is 32.2. The predicted octanol–water partition coefficient (Wildman–Crippen LogP) is 4.03. The molecular weight excluding hydrogens is 582 g/mol. The van der Waals surface area contributed by atoms with Crippen molar-refractivity contribution in [2.24, 2.45) is 16.8 Å². The summed E-state index contributed by atoms with van der Waals surface area (Å²) in [7, 11) is -3.76. The van der Waals surface area contributed by atoms with Gasteiger partial charge in [0.15, 0.2) is 0 Å². The zero-order valence-corrected chi connectivity index (χ0v) is 27.4. The molecule has 3 heterocycles. The molecule has 11 nitrogen and oxygen atoms in total. The first kappa shape index (κ1) is 32.3. The highest BCUT2D eigenvalue weighted by molar-refractivity contribution is 7.92. The highest BCUT2D eigenvalue weighted by Crippen LogP contribution is 2.36. The molecular formula is C32H45N5O6S. The summed E-state index contributed by atoms with van der Waals surface area (Å²) in [5.41, 5.74) is 1.22. The van der Waals surface area contributed by atoms with Crippen LogP contribution in [0.15, 0.2) is 22.5 Å². The third kappa shape index (κ3) is 6.62. The lowest BCUT2D eigenvalue weighted by Crippen LogP contribution is -2.50. The van der Waals surface area contributed by atoms with Gasteiger partial charge in [-0.15, -0.1) is 0 Å². The van der Waals surface area contributed by atoms with Gasteiger partial charge in [0.25, 0.3) is 11.8 Å². The van der Waals surface area contributed by atoms with Gasteiger partial charge >= 0.3 is 6.03 Å². The summed E-state index contributed by atoms with van der Waals surface area (Å²) in [5.74, 6) is 1.26. The maximum absolute atomic E-state index is 13.3. The number of sulfonamides is 1. The highest BCUT2D eigenvalue weighted by Gasteiger charge is 2.48. The standard InChI is InChI=1S/C32H45N5O6S/c1-20-7-9-23(10-8-20)27-34-29(39)32(35-27)12-14-36(15-13-32)44(41,42)16-11-25-21(2)17-24(18-22(25)3)37-28(38)26(33-30(37)40)19-43-31(4,5)6/h11,16-18,20,23,26H,7-10,12-15,19H2,1-6H3,(H,33,40)(H,34,35,39)/b16-11+. The largest absolute Gasteiger partial charge is 0.373 e. The number of carbonyl (C=O) groups is 3. The number of rotatable bonds is 7. The Hall–Kier alpha value is -3.09. The van der Waals surface area contributed by atoms with Gasteiger partial charge in [-0.25, -0.2) is 18.1 Å². The van der Waals surface area contributed by atoms with Crippen LogP contribution < -0.4 is 15.5 Å². The van der Waals surface area contributed by atoms with Gasteiger partial charge in [0, 0.05) is 24.4 Å². The quantitative estimate of drug-likeness (QED) is 0.438. The number of carbonyl (C=O) groups excluding carboxylic acids is 3. The third-order valence-corrected chi connectivity index (χ3v) is 10.8. The van der Waals surface area contributed by atoms with Crippen molar-refractivity contribution in [3.05, 3.63) is 34.2 Å². The molecule has 1 aromatic rings. The second-order valence-electron chi connectivity index (χ2n) is 13.8. The number of hydrogen-bond acceptors (Lipinski definition) is 7. The van der Waals surface area contributed by atoms with Gasteiger partial charge in [0.1, 0.15) is 17.4 Å². The lowest BCUT2D eigenvalue weighted by atomic mass is 9.82. The van der Waals surface area contributed by atoms with Crippen molar-refractivity contribution in [3.8, 4) is 0 Å². The number of imide groups is 1. The molecule has 4 amide bonds. The Balaban J connectivity index is 1.24. The molecule has 5 rings (SSSR count). The zero-order valence-electron chi connectivity index (χ0n) is 26.6. The predicted molar refractivity (Wildman–Crippen MR) is 170 cm³/mol. The van der Waals surface area contributed by atoms with E-state index in [0.717, 1.165) is 47.5 Å². The third-order valence-electron chi connectivity index (χ3n) is 9.26. The Labute approximate surface area is 260 Å². The molecule has 240 valence electrons. The second-order valence-corrected chi connectivity index (χ2v) is 15.6. The number of anilines is 1. The Bertz CT molecular complexity index is 1470. The van der Waals surface area contributed by atoms with E-state index in [2.05, 4.69) is 17.6 Å². The first-order valence-electron chi connectivity index (χ1n) is 15.6. The van der Waals surface area contributed by atoms with Gasteiger partial charge in [-0.05, 0) is 101 Å². The van der Waals surface area contributed by atoms with Gasteiger partial charge in [0.2, 0.25) is 10.0 Å². The monoisotopic (exact) mass is 627 g/mol. The van der Waals surface area contributed by atoms with E-state index < -0.39 is 39.1 Å². The van der Waals surface area contributed by atoms with E-state index in [0.29, 0.717) is 30.0 Å². The minimum absolute atomic E-state index is 0.0664. The molecule has 1 aromatic carbocycles. The van der Waals surface area contributed by atoms with Crippen molar-refractivity contribution in [1.29, 1.82) is 0 Å². The van der Waals surface area contributed by atoms with E-state index in [4.69, 9.17) is 9.73 Å². The molecule has 1 aliphatic carbocycles. The average molecular weight is 628 g/mol. The summed E-state index contributed by atoms with van der Waals surface area (Å²) in [5, 5.41) is 6.91. The molecule has 1 saturated carbocycles. The summed E-state index contributed by atoms with van der Waals surface area (Å²) in [4.78, 5) is 44.7. The van der Waals surface area contributed by atoms with Crippen LogP contribution in [0.1, 0.15) is 82.9 Å². The maximum atomic E-state index is 13.3. The topological polar surface area (TPSA) is 137 Å². The van der Waals surface area contributed by atoms with Crippen LogP contribution >= 0.6 is 0 Å². The van der Waals surface area contributed by atoms with Crippen molar-refractivity contribution in [2.75, 3.05) is 24.6 Å². The molecule has 12 heteroatoms. The summed E-state index contributed by atoms with van der Waals surface area (Å²) in [6, 6.07) is 2.11. The molecule has 3 aliphatic heterocycles. The van der Waals surface area contributed by atoms with Crippen LogP contribution in [0.5, 0.6) is 0 Å². The Morgan fingerprint density at radius 2 is 1.66 bits per heavy atom. The number of ether oxygens (including phenoxy) is 1. The van der Waals surface area contributed by atoms with Crippen LogP contribution in [0.25, 0.3) is 6.08 Å². The number of aliphatic imine (C=N–C) groups is 1. The average Bonchev–Trinajstić information content (AvgIpc) is 3.41. The normalized spacial score (nSPS) is 26.4. The molecule has 0 radical (unpaired) electrons. The summed E-state index contributed by atoms with van der Waals surface area (Å²) in [6.07, 6.45) is 6.56. The SMILES string of the molecule is Cc1cc(N2C(=O)NC(COC(C)(C)C)C2=O)cc(C)c1/C=C/S(=O)(=O)N1CCC2(CC1)N=C(C1CCC(C)CC1)NC2=O. The fourth-order valence-electron chi connectivity index (χ4n) is 6.52. The van der Waals surface area contributed by atoms with Crippen LogP contribution in [-0.2, 0) is 24.3 Å². The first-order valence-corrected chi connectivity index (χ1v) is 17.1. The van der Waals surface area contributed by atoms with Gasteiger partial charge in [0.05, 0.1) is 17.9 Å². The van der Waals surface area contributed by atoms with E-state index in [1.54, 1.807) is 18.2 Å². The lowest BCUT2D eigenvalue weighted by molar-refractivity contribution is -0.125. The Morgan fingerprint density at radius 3 is 2.25 bits per heavy atom. The fourth-order valence-corrected chi connectivity index (χ4v) is 7.70. The molecule has 1 spiro atoms. The van der Waals surface area contributed by atoms with E-state index in [1.807, 2.05) is 34.6 Å². The van der Waals surface area contributed by atoms with E-state index >= 15 is 0 Å². The number of nitrogens with zero attached hydrogens (tertiary/aromatic N) is 3. The number of hydrogen-bond donors (Lipinski definition) is 2. The number of benzene rings is 1. The number of urea groups is 1. The molecule has 1 unspecified atom stereocenters. The van der Waals surface area contributed by atoms with Crippen molar-refractivity contribution in [2.45, 2.75) is 97.2 Å². The van der Waals surface area contributed by atoms with Gasteiger partial charge in [-0.2, -0.15) is 4.31 Å². The van der Waals surface area contributed by atoms with Gasteiger partial charge in [-0.1, -0.05) is 19.8 Å². The van der Waals surface area contributed by atoms with Crippen LogP contribution in [0.4, 0.5) is 10.5 Å². The molecule has 3 fully saturated rings. The Morgan fingerprint density at radius 1 is 1.05 bits per heavy atom. The summed E-state index contributed by atoms with van der Waals surface area (Å²) in [6.45, 7) is 12.0. The molecule has 1 atom stereocenters. The number of aryl methyl sites for hydroxylation is 2. The van der Waals surface area contributed by atoms with Gasteiger partial charge in [-0.3, -0.25) is 14.6 Å². The summed E-state index contributed by atoms with van der Waals surface area (Å²) < 4.78 is 33.8. The van der Waals surface area contributed by atoms with E-state index in [1.165, 1.54) is 9.71 Å². The Kier molecular flexibility index (Phi) is 8.82. The smallest absolute Gasteiger partial charge is 0.329 e. The number of nitrogens with one attached hydrogen (secondary N) is 2. The molecule has 44 heavy (non-hydrogen) atoms. The lowest BCUT2D eigenvalue weighted by Gasteiger charge is -2.34. The van der Waals surface area contributed by atoms with Crippen LogP contribution in [-0.4, -0.2) is 73.3 Å². The van der Waals surface area contributed by atoms with Crippen LogP contribution in [0, 0.1) is 25.7 Å². The summed E-state index contributed by atoms with van der Waals surface area (Å²) >= 11 is 0. The van der Waals surface area contributed by atoms with Crippen molar-refractivity contribution < 1.29 is 27.5 Å². The molecule has 2 N–H and O–H groups in total. The number of amides is 4. The zero-order chi connectivity index (χ0) is 32.0. The minimum Gasteiger partial charge on any atom is -0.373 e. The van der Waals surface area contributed by atoms with Crippen molar-refractivity contribution >= 4 is 45.5 Å². The maximum Gasteiger partial charge on any atom is 0.329 e. The minimum atomic E-state index is -3.76. The van der Waals surface area contributed by atoms with Crippen LogP contribution in [0.2, 0.25) is 0 Å². The molecule has 0 aromatic heterocycles. The first-order chi connectivity index (χ1) is 20.6. The molecule has 4 aliphatic rings. The van der Waals surface area contributed by atoms with E-state index in [-0.39, 0.29) is 31.5 Å². The fraction of sp³-hybridized carbons (Fsp3) is 0.625. The number of piperidine rings is 1. The second kappa shape index (κ2) is 12.0. The van der Waals surface area contributed by atoms with Crippen LogP contribution in [0.3, 0.4) is 0 Å². The van der Waals surface area contributed by atoms with Crippen molar-refractivity contribution in [1.82, 2.24) is 14.9 Å².